The largest absolute Gasteiger partial charge is 0.352 e. The van der Waals surface area contributed by atoms with Crippen LogP contribution >= 0.6 is 12.4 Å². The lowest BCUT2D eigenvalue weighted by Gasteiger charge is -2.38. The van der Waals surface area contributed by atoms with Gasteiger partial charge in [-0.25, -0.2) is 0 Å². The second-order valence-electron chi connectivity index (χ2n) is 4.62. The minimum Gasteiger partial charge on any atom is -0.352 e. The fourth-order valence-electron chi connectivity index (χ4n) is 2.25. The first kappa shape index (κ1) is 16.4. The van der Waals surface area contributed by atoms with E-state index in [2.05, 4.69) is 64.3 Å². The highest BCUT2D eigenvalue weighted by Gasteiger charge is 2.22. The number of nitrogens with zero attached hydrogens (tertiary/aromatic N) is 3. The lowest BCUT2D eigenvalue weighted by atomic mass is 10.2. The van der Waals surface area contributed by atoms with Gasteiger partial charge in [0.1, 0.15) is 11.7 Å². The van der Waals surface area contributed by atoms with Crippen molar-refractivity contribution < 1.29 is 0 Å². The number of benzene rings is 1. The molecule has 1 atom stereocenters. The molecule has 0 aromatic heterocycles. The van der Waals surface area contributed by atoms with Gasteiger partial charge in [0.05, 0.1) is 6.17 Å². The molecule has 4 nitrogen and oxygen atoms in total. The van der Waals surface area contributed by atoms with Crippen molar-refractivity contribution in [2.45, 2.75) is 20.0 Å². The van der Waals surface area contributed by atoms with Crippen molar-refractivity contribution in [3.63, 3.8) is 0 Å². The van der Waals surface area contributed by atoms with Crippen LogP contribution in [0.1, 0.15) is 13.8 Å². The van der Waals surface area contributed by atoms with Crippen molar-refractivity contribution in [3.05, 3.63) is 42.2 Å². The first-order valence-corrected chi connectivity index (χ1v) is 6.67. The number of para-hydroxylation sites is 1. The highest BCUT2D eigenvalue weighted by molar-refractivity contribution is 5.94. The van der Waals surface area contributed by atoms with Crippen LogP contribution in [0.3, 0.4) is 0 Å². The van der Waals surface area contributed by atoms with Gasteiger partial charge < -0.3 is 15.1 Å². The minimum absolute atomic E-state index is 0. The molecule has 1 unspecified atom stereocenters. The number of anilines is 1. The summed E-state index contributed by atoms with van der Waals surface area (Å²) in [5.41, 5.74) is 1.19. The summed E-state index contributed by atoms with van der Waals surface area (Å²) in [5.74, 6) is 2.09. The molecule has 0 spiro atoms. The van der Waals surface area contributed by atoms with Gasteiger partial charge in [0.25, 0.3) is 0 Å². The molecule has 2 rings (SSSR count). The topological polar surface area (TPSA) is 30.9 Å². The molecule has 1 aromatic carbocycles. The molecule has 1 N–H and O–H groups in total. The Labute approximate surface area is 127 Å². The standard InChI is InChI=1S/C15H22N4.ClH/c1-5-19(13-9-7-6-8-10-13)15-11-14(16-3)18(4)12(2)17-15;/h6-12,17H,5H2,1-4H3;1H. The van der Waals surface area contributed by atoms with Crippen molar-refractivity contribution in [1.82, 2.24) is 10.2 Å². The number of likely N-dealkylation sites (N-methyl/N-ethyl adjacent to an activating group) is 1. The highest BCUT2D eigenvalue weighted by Crippen LogP contribution is 2.20. The minimum atomic E-state index is 0. The Morgan fingerprint density at radius 3 is 2.50 bits per heavy atom. The number of nitrogens with one attached hydrogen (secondary N) is 1. The van der Waals surface area contributed by atoms with Crippen LogP contribution in [-0.2, 0) is 0 Å². The lowest BCUT2D eigenvalue weighted by Crippen LogP contribution is -2.51. The highest BCUT2D eigenvalue weighted by atomic mass is 35.5. The zero-order valence-electron chi connectivity index (χ0n) is 12.5. The number of halogens is 1. The Balaban J connectivity index is 0.00000200. The van der Waals surface area contributed by atoms with Crippen LogP contribution in [-0.4, -0.2) is 37.5 Å². The second-order valence-corrected chi connectivity index (χ2v) is 4.62. The van der Waals surface area contributed by atoms with E-state index in [9.17, 15) is 0 Å². The van der Waals surface area contributed by atoms with E-state index in [-0.39, 0.29) is 18.6 Å². The molecule has 0 amide bonds. The van der Waals surface area contributed by atoms with Gasteiger partial charge in [-0.3, -0.25) is 4.99 Å². The summed E-state index contributed by atoms with van der Waals surface area (Å²) in [7, 11) is 3.88. The van der Waals surface area contributed by atoms with E-state index in [4.69, 9.17) is 0 Å². The number of hydrogen-bond donors (Lipinski definition) is 1. The molecule has 0 radical (unpaired) electrons. The first-order chi connectivity index (χ1) is 9.17. The number of hydrogen-bond acceptors (Lipinski definition) is 3. The molecule has 0 bridgehead atoms. The molecule has 0 aliphatic carbocycles. The van der Waals surface area contributed by atoms with Crippen LogP contribution in [0.5, 0.6) is 0 Å². The number of aliphatic imine (C=N–C) groups is 1. The Morgan fingerprint density at radius 1 is 1.30 bits per heavy atom. The van der Waals surface area contributed by atoms with Gasteiger partial charge in [0.2, 0.25) is 0 Å². The molecular formula is C15H23ClN4. The summed E-state index contributed by atoms with van der Waals surface area (Å²) >= 11 is 0. The Bertz CT molecular complexity index is 484. The molecule has 1 aliphatic rings. The average Bonchev–Trinajstić information content (AvgIpc) is 2.44. The summed E-state index contributed by atoms with van der Waals surface area (Å²) in [6.07, 6.45) is 2.33. The van der Waals surface area contributed by atoms with Gasteiger partial charge in [-0.2, -0.15) is 0 Å². The fraction of sp³-hybridized carbons (Fsp3) is 0.400. The van der Waals surface area contributed by atoms with Crippen molar-refractivity contribution in [3.8, 4) is 0 Å². The molecule has 0 saturated heterocycles. The Morgan fingerprint density at radius 2 is 1.95 bits per heavy atom. The van der Waals surface area contributed by atoms with Gasteiger partial charge in [-0.05, 0) is 26.0 Å². The maximum atomic E-state index is 4.34. The maximum Gasteiger partial charge on any atom is 0.128 e. The smallest absolute Gasteiger partial charge is 0.128 e. The van der Waals surface area contributed by atoms with Crippen molar-refractivity contribution in [1.29, 1.82) is 0 Å². The second kappa shape index (κ2) is 7.20. The van der Waals surface area contributed by atoms with Crippen molar-refractivity contribution in [2.24, 2.45) is 4.99 Å². The monoisotopic (exact) mass is 294 g/mol. The molecule has 5 heteroatoms. The van der Waals surface area contributed by atoms with E-state index in [0.29, 0.717) is 0 Å². The Hall–Kier alpha value is -1.68. The van der Waals surface area contributed by atoms with Crippen LogP contribution in [0.2, 0.25) is 0 Å². The van der Waals surface area contributed by atoms with E-state index in [1.807, 2.05) is 20.2 Å². The number of amidine groups is 1. The van der Waals surface area contributed by atoms with Crippen LogP contribution in [0.4, 0.5) is 5.69 Å². The predicted molar refractivity (Wildman–Crippen MR) is 88.5 cm³/mol. The van der Waals surface area contributed by atoms with Gasteiger partial charge in [-0.15, -0.1) is 12.4 Å². The zero-order chi connectivity index (χ0) is 13.8. The quantitative estimate of drug-likeness (QED) is 0.930. The molecule has 1 aliphatic heterocycles. The normalized spacial score (nSPS) is 20.0. The van der Waals surface area contributed by atoms with Crippen LogP contribution < -0.4 is 10.2 Å². The lowest BCUT2D eigenvalue weighted by molar-refractivity contribution is 0.338. The van der Waals surface area contributed by atoms with Gasteiger partial charge in [0, 0.05) is 32.4 Å². The van der Waals surface area contributed by atoms with E-state index < -0.39 is 0 Å². The van der Waals surface area contributed by atoms with Crippen molar-refractivity contribution in [2.75, 3.05) is 25.5 Å². The fourth-order valence-corrected chi connectivity index (χ4v) is 2.25. The van der Waals surface area contributed by atoms with Crippen molar-refractivity contribution >= 4 is 23.9 Å². The number of rotatable bonds is 3. The van der Waals surface area contributed by atoms with E-state index in [1.54, 1.807) is 0 Å². The molecule has 20 heavy (non-hydrogen) atoms. The average molecular weight is 295 g/mol. The van der Waals surface area contributed by atoms with Crippen LogP contribution in [0, 0.1) is 0 Å². The van der Waals surface area contributed by atoms with E-state index in [1.165, 1.54) is 5.69 Å². The zero-order valence-corrected chi connectivity index (χ0v) is 13.3. The maximum absolute atomic E-state index is 4.34. The molecule has 1 heterocycles. The summed E-state index contributed by atoms with van der Waals surface area (Å²) in [5, 5.41) is 3.51. The van der Waals surface area contributed by atoms with Crippen LogP contribution in [0.25, 0.3) is 0 Å². The third kappa shape index (κ3) is 3.25. The molecular weight excluding hydrogens is 272 g/mol. The van der Waals surface area contributed by atoms with Gasteiger partial charge in [-0.1, -0.05) is 18.2 Å². The summed E-state index contributed by atoms with van der Waals surface area (Å²) in [4.78, 5) is 8.73. The molecule has 110 valence electrons. The molecule has 0 fully saturated rings. The predicted octanol–water partition coefficient (Wildman–Crippen LogP) is 2.69. The third-order valence-electron chi connectivity index (χ3n) is 3.47. The molecule has 1 aromatic rings. The molecule has 0 saturated carbocycles. The summed E-state index contributed by atoms with van der Waals surface area (Å²) < 4.78 is 0. The SMILES string of the molecule is CCN(C1=CC(=NC)N(C)C(C)N1)c1ccccc1.Cl. The Kier molecular flexibility index (Phi) is 5.89. The van der Waals surface area contributed by atoms with E-state index >= 15 is 0 Å². The van der Waals surface area contributed by atoms with Crippen LogP contribution in [0.15, 0.2) is 47.2 Å². The summed E-state index contributed by atoms with van der Waals surface area (Å²) in [6, 6.07) is 10.4. The first-order valence-electron chi connectivity index (χ1n) is 6.67. The third-order valence-corrected chi connectivity index (χ3v) is 3.47. The van der Waals surface area contributed by atoms with Gasteiger partial charge in [0.15, 0.2) is 0 Å². The summed E-state index contributed by atoms with van der Waals surface area (Å²) in [6.45, 7) is 5.20. The van der Waals surface area contributed by atoms with Gasteiger partial charge >= 0.3 is 0 Å². The van der Waals surface area contributed by atoms with E-state index in [0.717, 1.165) is 18.2 Å².